The third-order valence-electron chi connectivity index (χ3n) is 3.82. The maximum absolute atomic E-state index is 12.2. The molecular formula is C20H20O5S. The van der Waals surface area contributed by atoms with Gasteiger partial charge in [-0.15, -0.1) is 11.8 Å². The molecule has 0 saturated carbocycles. The Hall–Kier alpha value is -2.47. The average Bonchev–Trinajstić information content (AvgIpc) is 2.67. The molecule has 0 atom stereocenters. The summed E-state index contributed by atoms with van der Waals surface area (Å²) in [6, 6.07) is 13.1. The van der Waals surface area contributed by atoms with Crippen LogP contribution in [-0.4, -0.2) is 37.3 Å². The van der Waals surface area contributed by atoms with Crippen molar-refractivity contribution in [1.82, 2.24) is 0 Å². The van der Waals surface area contributed by atoms with E-state index < -0.39 is 0 Å². The molecule has 2 aromatic carbocycles. The minimum atomic E-state index is -0.379. The fraction of sp³-hybridized carbons (Fsp3) is 0.300. The Morgan fingerprint density at radius 2 is 1.77 bits per heavy atom. The Labute approximate surface area is 156 Å². The molecule has 0 spiro atoms. The van der Waals surface area contributed by atoms with Gasteiger partial charge >= 0.3 is 5.97 Å². The molecule has 1 aliphatic heterocycles. The maximum atomic E-state index is 12.2. The summed E-state index contributed by atoms with van der Waals surface area (Å²) in [5.74, 6) is 1.14. The normalized spacial score (nSPS) is 12.5. The van der Waals surface area contributed by atoms with Gasteiger partial charge in [0, 0.05) is 16.2 Å². The third kappa shape index (κ3) is 5.02. The first-order valence-electron chi connectivity index (χ1n) is 8.40. The van der Waals surface area contributed by atoms with Crippen LogP contribution in [0.4, 0.5) is 0 Å². The monoisotopic (exact) mass is 372 g/mol. The van der Waals surface area contributed by atoms with Gasteiger partial charge in [-0.1, -0.05) is 17.7 Å². The molecule has 0 fully saturated rings. The predicted molar refractivity (Wildman–Crippen MR) is 99.2 cm³/mol. The maximum Gasteiger partial charge on any atom is 0.307 e. The number of ether oxygens (including phenoxy) is 3. The van der Waals surface area contributed by atoms with Gasteiger partial charge < -0.3 is 14.2 Å². The molecule has 0 amide bonds. The summed E-state index contributed by atoms with van der Waals surface area (Å²) in [7, 11) is 0. The fourth-order valence-corrected chi connectivity index (χ4v) is 3.24. The zero-order valence-electron chi connectivity index (χ0n) is 14.5. The topological polar surface area (TPSA) is 61.8 Å². The minimum Gasteiger partial charge on any atom is -0.486 e. The Bertz CT molecular complexity index is 785. The summed E-state index contributed by atoms with van der Waals surface area (Å²) in [6.07, 6.45) is 0.257. The van der Waals surface area contributed by atoms with Crippen LogP contribution in [0.15, 0.2) is 47.4 Å². The first kappa shape index (κ1) is 18.3. The summed E-state index contributed by atoms with van der Waals surface area (Å²) in [4.78, 5) is 25.1. The lowest BCUT2D eigenvalue weighted by molar-refractivity contribution is -0.141. The number of ketones is 1. The van der Waals surface area contributed by atoms with Gasteiger partial charge in [0.2, 0.25) is 0 Å². The van der Waals surface area contributed by atoms with Crippen molar-refractivity contribution >= 4 is 23.5 Å². The molecule has 26 heavy (non-hydrogen) atoms. The van der Waals surface area contributed by atoms with Crippen molar-refractivity contribution in [3.63, 3.8) is 0 Å². The van der Waals surface area contributed by atoms with Crippen molar-refractivity contribution in [3.8, 4) is 11.5 Å². The van der Waals surface area contributed by atoms with Crippen LogP contribution >= 0.6 is 11.8 Å². The van der Waals surface area contributed by atoms with Crippen LogP contribution in [0, 0.1) is 6.92 Å². The number of esters is 1. The van der Waals surface area contributed by atoms with Crippen LogP contribution in [0.1, 0.15) is 22.3 Å². The van der Waals surface area contributed by atoms with Crippen molar-refractivity contribution in [2.45, 2.75) is 18.2 Å². The Morgan fingerprint density at radius 3 is 2.54 bits per heavy atom. The van der Waals surface area contributed by atoms with E-state index in [9.17, 15) is 9.59 Å². The number of aryl methyl sites for hydroxylation is 1. The molecule has 6 heteroatoms. The van der Waals surface area contributed by atoms with Crippen molar-refractivity contribution in [3.05, 3.63) is 53.6 Å². The highest BCUT2D eigenvalue weighted by molar-refractivity contribution is 7.99. The zero-order valence-corrected chi connectivity index (χ0v) is 15.3. The zero-order chi connectivity index (χ0) is 18.4. The van der Waals surface area contributed by atoms with Gasteiger partial charge in [0.25, 0.3) is 0 Å². The second kappa shape index (κ2) is 8.76. The van der Waals surface area contributed by atoms with Crippen molar-refractivity contribution in [2.75, 3.05) is 25.6 Å². The second-order valence-electron chi connectivity index (χ2n) is 5.85. The van der Waals surface area contributed by atoms with Gasteiger partial charge in [0.1, 0.15) is 13.2 Å². The van der Waals surface area contributed by atoms with Crippen LogP contribution < -0.4 is 9.47 Å². The van der Waals surface area contributed by atoms with E-state index in [1.165, 1.54) is 5.56 Å². The van der Waals surface area contributed by atoms with E-state index in [1.54, 1.807) is 30.0 Å². The van der Waals surface area contributed by atoms with E-state index in [0.29, 0.717) is 36.0 Å². The van der Waals surface area contributed by atoms with Crippen molar-refractivity contribution in [1.29, 1.82) is 0 Å². The van der Waals surface area contributed by atoms with Gasteiger partial charge in [0.05, 0.1) is 6.42 Å². The number of benzene rings is 2. The number of carbonyl (C=O) groups is 2. The quantitative estimate of drug-likeness (QED) is 0.420. The molecular weight excluding hydrogens is 352 g/mol. The molecule has 136 valence electrons. The van der Waals surface area contributed by atoms with E-state index in [1.807, 2.05) is 31.2 Å². The number of fused-ring (bicyclic) bond motifs is 1. The van der Waals surface area contributed by atoms with Crippen molar-refractivity contribution in [2.24, 2.45) is 0 Å². The average molecular weight is 372 g/mol. The minimum absolute atomic E-state index is 0.257. The summed E-state index contributed by atoms with van der Waals surface area (Å²) in [5, 5.41) is 0. The molecule has 0 aliphatic carbocycles. The summed E-state index contributed by atoms with van der Waals surface area (Å²) >= 11 is 1.59. The summed E-state index contributed by atoms with van der Waals surface area (Å²) < 4.78 is 16.0. The number of carbonyl (C=O) groups excluding carboxylic acids is 2. The van der Waals surface area contributed by atoms with Crippen LogP contribution in [0.3, 0.4) is 0 Å². The Kier molecular flexibility index (Phi) is 6.17. The Morgan fingerprint density at radius 1 is 1.04 bits per heavy atom. The highest BCUT2D eigenvalue weighted by Crippen LogP contribution is 2.30. The van der Waals surface area contributed by atoms with E-state index in [0.717, 1.165) is 4.90 Å². The van der Waals surface area contributed by atoms with Crippen LogP contribution in [-0.2, 0) is 9.53 Å². The van der Waals surface area contributed by atoms with Crippen molar-refractivity contribution < 1.29 is 23.8 Å². The first-order valence-corrected chi connectivity index (χ1v) is 9.38. The van der Waals surface area contributed by atoms with Gasteiger partial charge in [-0.3, -0.25) is 9.59 Å². The highest BCUT2D eigenvalue weighted by atomic mass is 32.2. The van der Waals surface area contributed by atoms with Gasteiger partial charge in [-0.2, -0.15) is 0 Å². The molecule has 3 rings (SSSR count). The highest BCUT2D eigenvalue weighted by Gasteiger charge is 2.16. The molecule has 0 N–H and O–H groups in total. The number of thioether (sulfide) groups is 1. The lowest BCUT2D eigenvalue weighted by Gasteiger charge is -2.18. The number of rotatable bonds is 7. The van der Waals surface area contributed by atoms with Gasteiger partial charge in [-0.25, -0.2) is 0 Å². The molecule has 0 unspecified atom stereocenters. The van der Waals surface area contributed by atoms with E-state index in [2.05, 4.69) is 0 Å². The fourth-order valence-electron chi connectivity index (χ4n) is 2.41. The standard InChI is InChI=1S/C20H20O5S/c1-14-2-5-16(6-3-14)26-11-8-20(22)25-13-17(21)15-4-7-18-19(12-15)24-10-9-23-18/h2-7,12H,8-11,13H2,1H3. The molecule has 0 bridgehead atoms. The molecule has 0 saturated heterocycles. The van der Waals surface area contributed by atoms with Crippen LogP contribution in [0.5, 0.6) is 11.5 Å². The predicted octanol–water partition coefficient (Wildman–Crippen LogP) is 3.67. The summed E-state index contributed by atoms with van der Waals surface area (Å²) in [5.41, 5.74) is 1.64. The lowest BCUT2D eigenvalue weighted by atomic mass is 10.1. The number of hydrogen-bond acceptors (Lipinski definition) is 6. The SMILES string of the molecule is Cc1ccc(SCCC(=O)OCC(=O)c2ccc3c(c2)OCCO3)cc1. The second-order valence-corrected chi connectivity index (χ2v) is 7.02. The van der Waals surface area contributed by atoms with E-state index in [-0.39, 0.29) is 24.8 Å². The number of hydrogen-bond donors (Lipinski definition) is 0. The molecule has 1 heterocycles. The first-order chi connectivity index (χ1) is 12.6. The van der Waals surface area contributed by atoms with E-state index in [4.69, 9.17) is 14.2 Å². The van der Waals surface area contributed by atoms with E-state index >= 15 is 0 Å². The third-order valence-corrected chi connectivity index (χ3v) is 4.84. The molecule has 0 radical (unpaired) electrons. The van der Waals surface area contributed by atoms with Crippen LogP contribution in [0.25, 0.3) is 0 Å². The molecule has 5 nitrogen and oxygen atoms in total. The van der Waals surface area contributed by atoms with Crippen LogP contribution in [0.2, 0.25) is 0 Å². The Balaban J connectivity index is 1.42. The largest absolute Gasteiger partial charge is 0.486 e. The molecule has 1 aliphatic rings. The lowest BCUT2D eigenvalue weighted by Crippen LogP contribution is -2.17. The number of Topliss-reactive ketones (excluding diaryl/α,β-unsaturated/α-hetero) is 1. The smallest absolute Gasteiger partial charge is 0.307 e. The summed E-state index contributed by atoms with van der Waals surface area (Å²) in [6.45, 7) is 2.72. The molecule has 0 aromatic heterocycles. The van der Waals surface area contributed by atoms with Gasteiger partial charge in [0.15, 0.2) is 23.9 Å². The van der Waals surface area contributed by atoms with Gasteiger partial charge in [-0.05, 0) is 37.3 Å². The molecule has 2 aromatic rings.